The van der Waals surface area contributed by atoms with Crippen LogP contribution in [-0.2, 0) is 0 Å². The Balaban J connectivity index is 2.53. The van der Waals surface area contributed by atoms with E-state index >= 15 is 0 Å². The van der Waals surface area contributed by atoms with Gasteiger partial charge >= 0.3 is 5.97 Å². The zero-order chi connectivity index (χ0) is 12.1. The molecule has 88 valence electrons. The van der Waals surface area contributed by atoms with E-state index in [-0.39, 0.29) is 11.5 Å². The maximum absolute atomic E-state index is 10.6. The van der Waals surface area contributed by atoms with Gasteiger partial charge in [0.25, 0.3) is 0 Å². The van der Waals surface area contributed by atoms with Crippen molar-refractivity contribution < 1.29 is 15.0 Å². The van der Waals surface area contributed by atoms with Crippen LogP contribution in [0, 0.1) is 5.92 Å². The molecule has 16 heavy (non-hydrogen) atoms. The maximum atomic E-state index is 10.6. The molecule has 0 aromatic heterocycles. The van der Waals surface area contributed by atoms with E-state index in [1.54, 1.807) is 12.1 Å². The summed E-state index contributed by atoms with van der Waals surface area (Å²) >= 11 is 0. The molecular weight excluding hydrogens is 206 g/mol. The first-order valence-electron chi connectivity index (χ1n) is 5.26. The van der Waals surface area contributed by atoms with E-state index in [4.69, 9.17) is 5.11 Å². The van der Waals surface area contributed by atoms with Gasteiger partial charge in [-0.3, -0.25) is 0 Å². The van der Waals surface area contributed by atoms with Crippen LogP contribution in [0.3, 0.4) is 0 Å². The lowest BCUT2D eigenvalue weighted by atomic mass is 10.1. The lowest BCUT2D eigenvalue weighted by Crippen LogP contribution is -2.24. The van der Waals surface area contributed by atoms with E-state index in [0.29, 0.717) is 6.54 Å². The molecule has 3 N–H and O–H groups in total. The summed E-state index contributed by atoms with van der Waals surface area (Å²) in [5.74, 6) is -0.737. The fourth-order valence-electron chi connectivity index (χ4n) is 1.19. The first-order valence-corrected chi connectivity index (χ1v) is 5.26. The summed E-state index contributed by atoms with van der Waals surface area (Å²) in [6, 6.07) is 6.45. The van der Waals surface area contributed by atoms with Crippen LogP contribution in [0.25, 0.3) is 0 Å². The highest BCUT2D eigenvalue weighted by molar-refractivity contribution is 5.87. The summed E-state index contributed by atoms with van der Waals surface area (Å²) in [7, 11) is 0. The van der Waals surface area contributed by atoms with E-state index < -0.39 is 12.1 Å². The fraction of sp³-hybridized carbons (Fsp3) is 0.417. The number of hydrogen-bond acceptors (Lipinski definition) is 3. The molecule has 4 heteroatoms. The average molecular weight is 223 g/mol. The van der Waals surface area contributed by atoms with Gasteiger partial charge < -0.3 is 15.5 Å². The topological polar surface area (TPSA) is 69.6 Å². The number of rotatable bonds is 5. The third kappa shape index (κ3) is 3.55. The number of carboxylic acid groups (broad SMARTS) is 1. The van der Waals surface area contributed by atoms with E-state index in [9.17, 15) is 9.90 Å². The van der Waals surface area contributed by atoms with Gasteiger partial charge in [0, 0.05) is 12.2 Å². The highest BCUT2D eigenvalue weighted by atomic mass is 16.4. The van der Waals surface area contributed by atoms with E-state index in [2.05, 4.69) is 5.32 Å². The zero-order valence-corrected chi connectivity index (χ0v) is 9.47. The van der Waals surface area contributed by atoms with Crippen LogP contribution in [0.1, 0.15) is 24.2 Å². The number of anilines is 1. The second-order valence-electron chi connectivity index (χ2n) is 4.07. The lowest BCUT2D eigenvalue weighted by Gasteiger charge is -2.15. The number of hydrogen-bond donors (Lipinski definition) is 3. The van der Waals surface area contributed by atoms with Crippen LogP contribution in [0.15, 0.2) is 24.3 Å². The Kier molecular flexibility index (Phi) is 4.31. The minimum Gasteiger partial charge on any atom is -0.478 e. The Morgan fingerprint density at radius 3 is 2.31 bits per heavy atom. The Morgan fingerprint density at radius 1 is 1.31 bits per heavy atom. The predicted octanol–water partition coefficient (Wildman–Crippen LogP) is 1.81. The predicted molar refractivity (Wildman–Crippen MR) is 62.7 cm³/mol. The normalized spacial score (nSPS) is 12.5. The lowest BCUT2D eigenvalue weighted by molar-refractivity contribution is 0.0697. The molecule has 1 aromatic rings. The SMILES string of the molecule is CC(C)C(O)CNc1ccc(C(=O)O)cc1. The molecule has 0 fully saturated rings. The molecule has 1 unspecified atom stereocenters. The molecule has 0 amide bonds. The molecule has 1 rings (SSSR count). The third-order valence-electron chi connectivity index (χ3n) is 2.42. The first-order chi connectivity index (χ1) is 7.50. The van der Waals surface area contributed by atoms with Crippen molar-refractivity contribution in [1.29, 1.82) is 0 Å². The first kappa shape index (κ1) is 12.5. The van der Waals surface area contributed by atoms with Crippen LogP contribution < -0.4 is 5.32 Å². The molecule has 0 saturated carbocycles. The molecule has 0 spiro atoms. The van der Waals surface area contributed by atoms with Crippen LogP contribution in [-0.4, -0.2) is 28.8 Å². The largest absolute Gasteiger partial charge is 0.478 e. The molecular formula is C12H17NO3. The van der Waals surface area contributed by atoms with Gasteiger partial charge in [0.05, 0.1) is 11.7 Å². The quantitative estimate of drug-likeness (QED) is 0.712. The smallest absolute Gasteiger partial charge is 0.335 e. The molecule has 0 radical (unpaired) electrons. The Labute approximate surface area is 94.9 Å². The average Bonchev–Trinajstić information content (AvgIpc) is 2.26. The minimum absolute atomic E-state index is 0.200. The van der Waals surface area contributed by atoms with Gasteiger partial charge in [0.2, 0.25) is 0 Å². The molecule has 0 bridgehead atoms. The summed E-state index contributed by atoms with van der Waals surface area (Å²) in [6.45, 7) is 4.35. The van der Waals surface area contributed by atoms with Crippen LogP contribution in [0.4, 0.5) is 5.69 Å². The van der Waals surface area contributed by atoms with Gasteiger partial charge in [-0.1, -0.05) is 13.8 Å². The number of nitrogens with one attached hydrogen (secondary N) is 1. The van der Waals surface area contributed by atoms with Crippen LogP contribution in [0.5, 0.6) is 0 Å². The summed E-state index contributed by atoms with van der Waals surface area (Å²) < 4.78 is 0. The summed E-state index contributed by atoms with van der Waals surface area (Å²) in [5, 5.41) is 21.3. The molecule has 4 nitrogen and oxygen atoms in total. The summed E-state index contributed by atoms with van der Waals surface area (Å²) in [6.07, 6.45) is -0.404. The second-order valence-corrected chi connectivity index (χ2v) is 4.07. The van der Waals surface area contributed by atoms with Crippen molar-refractivity contribution in [1.82, 2.24) is 0 Å². The molecule has 0 saturated heterocycles. The van der Waals surface area contributed by atoms with E-state index in [1.807, 2.05) is 13.8 Å². The van der Waals surface area contributed by atoms with Crippen LogP contribution >= 0.6 is 0 Å². The number of aliphatic hydroxyl groups excluding tert-OH is 1. The second kappa shape index (κ2) is 5.51. The monoisotopic (exact) mass is 223 g/mol. The number of benzene rings is 1. The molecule has 0 heterocycles. The Hall–Kier alpha value is -1.55. The summed E-state index contributed by atoms with van der Waals surface area (Å²) in [4.78, 5) is 10.6. The highest BCUT2D eigenvalue weighted by Gasteiger charge is 2.08. The van der Waals surface area contributed by atoms with Gasteiger partial charge in [-0.2, -0.15) is 0 Å². The van der Waals surface area contributed by atoms with Crippen LogP contribution in [0.2, 0.25) is 0 Å². The van der Waals surface area contributed by atoms with Crippen molar-refractivity contribution >= 4 is 11.7 Å². The minimum atomic E-state index is -0.936. The van der Waals surface area contributed by atoms with E-state index in [1.165, 1.54) is 12.1 Å². The molecule has 1 atom stereocenters. The van der Waals surface area contributed by atoms with Crippen molar-refractivity contribution in [3.63, 3.8) is 0 Å². The van der Waals surface area contributed by atoms with Gasteiger partial charge in [0.15, 0.2) is 0 Å². The van der Waals surface area contributed by atoms with Gasteiger partial charge in [-0.05, 0) is 30.2 Å². The number of aliphatic hydroxyl groups is 1. The zero-order valence-electron chi connectivity index (χ0n) is 9.47. The Morgan fingerprint density at radius 2 is 1.88 bits per heavy atom. The molecule has 0 aliphatic rings. The van der Waals surface area contributed by atoms with Gasteiger partial charge in [-0.25, -0.2) is 4.79 Å². The number of carboxylic acids is 1. The van der Waals surface area contributed by atoms with Gasteiger partial charge in [0.1, 0.15) is 0 Å². The number of aromatic carboxylic acids is 1. The standard InChI is InChI=1S/C12H17NO3/c1-8(2)11(14)7-13-10-5-3-9(4-6-10)12(15)16/h3-6,8,11,13-14H,7H2,1-2H3,(H,15,16). The van der Waals surface area contributed by atoms with E-state index in [0.717, 1.165) is 5.69 Å². The third-order valence-corrected chi connectivity index (χ3v) is 2.42. The number of carbonyl (C=O) groups is 1. The van der Waals surface area contributed by atoms with Crippen molar-refractivity contribution in [3.8, 4) is 0 Å². The Bertz CT molecular complexity index is 346. The maximum Gasteiger partial charge on any atom is 0.335 e. The van der Waals surface area contributed by atoms with Crippen molar-refractivity contribution in [2.24, 2.45) is 5.92 Å². The van der Waals surface area contributed by atoms with Gasteiger partial charge in [-0.15, -0.1) is 0 Å². The highest BCUT2D eigenvalue weighted by Crippen LogP contribution is 2.10. The van der Waals surface area contributed by atoms with Crippen molar-refractivity contribution in [2.45, 2.75) is 20.0 Å². The fourth-order valence-corrected chi connectivity index (χ4v) is 1.19. The van der Waals surface area contributed by atoms with Crippen molar-refractivity contribution in [3.05, 3.63) is 29.8 Å². The molecule has 0 aliphatic heterocycles. The molecule has 0 aliphatic carbocycles. The van der Waals surface area contributed by atoms with Crippen molar-refractivity contribution in [2.75, 3.05) is 11.9 Å². The molecule has 1 aromatic carbocycles. The summed E-state index contributed by atoms with van der Waals surface area (Å²) in [5.41, 5.74) is 1.07.